The number of halogens is 2. The third kappa shape index (κ3) is 2.50. The van der Waals surface area contributed by atoms with Crippen molar-refractivity contribution in [3.8, 4) is 0 Å². The van der Waals surface area contributed by atoms with Gasteiger partial charge in [0.1, 0.15) is 6.10 Å². The van der Waals surface area contributed by atoms with Crippen molar-refractivity contribution in [3.05, 3.63) is 29.3 Å². The fourth-order valence-corrected chi connectivity index (χ4v) is 1.49. The molecule has 2 N–H and O–H groups in total. The average molecular weight is 264 g/mol. The molecule has 0 fully saturated rings. The number of hydrogen-bond acceptors (Lipinski definition) is 3. The monoisotopic (exact) mass is 263 g/mol. The molecular weight excluding hydrogens is 253 g/mol. The van der Waals surface area contributed by atoms with E-state index in [1.54, 1.807) is 6.92 Å². The molecule has 0 aromatic carbocycles. The lowest BCUT2D eigenvalue weighted by Crippen LogP contribution is -2.20. The van der Waals surface area contributed by atoms with Gasteiger partial charge in [0.15, 0.2) is 0 Å². The van der Waals surface area contributed by atoms with Crippen LogP contribution in [0.5, 0.6) is 0 Å². The molecule has 0 aliphatic heterocycles. The lowest BCUT2D eigenvalue weighted by molar-refractivity contribution is 0.0336. The second-order valence-corrected chi connectivity index (χ2v) is 3.68. The third-order valence-electron chi connectivity index (χ3n) is 1.96. The van der Waals surface area contributed by atoms with E-state index in [4.69, 9.17) is 0 Å². The Bertz CT molecular complexity index is 322. The van der Waals surface area contributed by atoms with Crippen LogP contribution in [0.15, 0.2) is 12.3 Å². The predicted molar refractivity (Wildman–Crippen MR) is 53.7 cm³/mol. The molecule has 0 bridgehead atoms. The van der Waals surface area contributed by atoms with Crippen molar-refractivity contribution in [2.45, 2.75) is 19.1 Å². The minimum absolute atomic E-state index is 0.255. The Morgan fingerprint density at radius 1 is 1.57 bits per heavy atom. The highest BCUT2D eigenvalue weighted by molar-refractivity contribution is 9.09. The van der Waals surface area contributed by atoms with Crippen LogP contribution >= 0.6 is 15.9 Å². The molecule has 1 heterocycles. The molecule has 14 heavy (non-hydrogen) atoms. The molecule has 2 atom stereocenters. The number of alkyl halides is 1. The number of aryl methyl sites for hydroxylation is 1. The Kier molecular flexibility index (Phi) is 3.97. The van der Waals surface area contributed by atoms with Gasteiger partial charge in [-0.2, -0.15) is 4.39 Å². The summed E-state index contributed by atoms with van der Waals surface area (Å²) < 4.78 is 12.6. The van der Waals surface area contributed by atoms with Crippen LogP contribution in [0.3, 0.4) is 0 Å². The first-order valence-electron chi connectivity index (χ1n) is 4.10. The minimum atomic E-state index is -1.04. The van der Waals surface area contributed by atoms with Crippen LogP contribution < -0.4 is 0 Å². The van der Waals surface area contributed by atoms with Gasteiger partial charge in [0.25, 0.3) is 0 Å². The average Bonchev–Trinajstić information content (AvgIpc) is 2.15. The maximum atomic E-state index is 12.6. The van der Waals surface area contributed by atoms with Crippen molar-refractivity contribution in [2.75, 3.05) is 5.33 Å². The number of hydrogen-bond donors (Lipinski definition) is 2. The molecule has 0 saturated carbocycles. The summed E-state index contributed by atoms with van der Waals surface area (Å²) in [4.78, 5) is 3.42. The smallest absolute Gasteiger partial charge is 0.213 e. The van der Waals surface area contributed by atoms with Gasteiger partial charge in [-0.15, -0.1) is 0 Å². The first-order valence-corrected chi connectivity index (χ1v) is 5.22. The molecule has 0 radical (unpaired) electrons. The molecule has 0 amide bonds. The number of nitrogens with zero attached hydrogens (tertiary/aromatic N) is 1. The minimum Gasteiger partial charge on any atom is -0.389 e. The van der Waals surface area contributed by atoms with Gasteiger partial charge < -0.3 is 10.2 Å². The second-order valence-electron chi connectivity index (χ2n) is 3.03. The topological polar surface area (TPSA) is 53.4 Å². The van der Waals surface area contributed by atoms with Crippen molar-refractivity contribution in [2.24, 2.45) is 0 Å². The van der Waals surface area contributed by atoms with Gasteiger partial charge in [-0.3, -0.25) is 0 Å². The fraction of sp³-hybridized carbons (Fsp3) is 0.444. The summed E-state index contributed by atoms with van der Waals surface area (Å²) >= 11 is 3.05. The molecule has 0 aliphatic rings. The van der Waals surface area contributed by atoms with E-state index in [0.717, 1.165) is 0 Å². The van der Waals surface area contributed by atoms with Gasteiger partial charge in [-0.05, 0) is 18.6 Å². The van der Waals surface area contributed by atoms with E-state index in [0.29, 0.717) is 11.1 Å². The summed E-state index contributed by atoms with van der Waals surface area (Å²) in [6, 6.07) is 1.22. The van der Waals surface area contributed by atoms with Gasteiger partial charge in [-0.25, -0.2) is 4.98 Å². The molecule has 0 saturated heterocycles. The van der Waals surface area contributed by atoms with E-state index in [2.05, 4.69) is 20.9 Å². The molecule has 5 heteroatoms. The Balaban J connectivity index is 2.95. The molecule has 1 aromatic heterocycles. The van der Waals surface area contributed by atoms with Crippen LogP contribution in [0.1, 0.15) is 17.2 Å². The maximum absolute atomic E-state index is 12.6. The van der Waals surface area contributed by atoms with Crippen LogP contribution in [0.25, 0.3) is 0 Å². The first kappa shape index (κ1) is 11.6. The van der Waals surface area contributed by atoms with Crippen LogP contribution in [0, 0.1) is 12.9 Å². The summed E-state index contributed by atoms with van der Waals surface area (Å²) in [6.45, 7) is 1.66. The summed E-state index contributed by atoms with van der Waals surface area (Å²) in [6.07, 6.45) is -0.718. The lowest BCUT2D eigenvalue weighted by atomic mass is 10.0. The van der Waals surface area contributed by atoms with E-state index in [1.807, 2.05) is 0 Å². The van der Waals surface area contributed by atoms with Crippen molar-refractivity contribution < 1.29 is 14.6 Å². The zero-order chi connectivity index (χ0) is 10.7. The zero-order valence-corrected chi connectivity index (χ0v) is 9.20. The standard InChI is InChI=1S/C9H11BrFNO2/c1-5-2-8(11)12-4-6(5)9(14)7(13)3-10/h2,4,7,9,13-14H,3H2,1H3. The second kappa shape index (κ2) is 4.82. The Labute approximate surface area is 89.7 Å². The Morgan fingerprint density at radius 2 is 2.21 bits per heavy atom. The van der Waals surface area contributed by atoms with Crippen molar-refractivity contribution in [1.82, 2.24) is 4.98 Å². The van der Waals surface area contributed by atoms with E-state index >= 15 is 0 Å². The molecule has 78 valence electrons. The van der Waals surface area contributed by atoms with Gasteiger partial charge in [-0.1, -0.05) is 15.9 Å². The summed E-state index contributed by atoms with van der Waals surface area (Å²) in [5.74, 6) is -0.591. The number of rotatable bonds is 3. The van der Waals surface area contributed by atoms with E-state index in [9.17, 15) is 14.6 Å². The lowest BCUT2D eigenvalue weighted by Gasteiger charge is -2.17. The molecule has 0 spiro atoms. The van der Waals surface area contributed by atoms with Crippen molar-refractivity contribution >= 4 is 15.9 Å². The number of pyridine rings is 1. The normalized spacial score (nSPS) is 15.2. The summed E-state index contributed by atoms with van der Waals surface area (Å²) in [5.41, 5.74) is 1.02. The third-order valence-corrected chi connectivity index (χ3v) is 2.62. The van der Waals surface area contributed by atoms with Crippen LogP contribution in [-0.4, -0.2) is 26.6 Å². The van der Waals surface area contributed by atoms with Gasteiger partial charge in [0.05, 0.1) is 6.10 Å². The first-order chi connectivity index (χ1) is 6.56. The summed E-state index contributed by atoms with van der Waals surface area (Å²) in [7, 11) is 0. The SMILES string of the molecule is Cc1cc(F)ncc1C(O)C(O)CBr. The summed E-state index contributed by atoms with van der Waals surface area (Å²) in [5, 5.41) is 19.2. The quantitative estimate of drug-likeness (QED) is 0.639. The molecule has 2 unspecified atom stereocenters. The number of aliphatic hydroxyl groups is 2. The molecule has 1 aromatic rings. The van der Waals surface area contributed by atoms with Gasteiger partial charge >= 0.3 is 0 Å². The van der Waals surface area contributed by atoms with E-state index in [1.165, 1.54) is 12.3 Å². The van der Waals surface area contributed by atoms with Crippen LogP contribution in [0.2, 0.25) is 0 Å². The van der Waals surface area contributed by atoms with Crippen molar-refractivity contribution in [3.63, 3.8) is 0 Å². The van der Waals surface area contributed by atoms with Crippen molar-refractivity contribution in [1.29, 1.82) is 0 Å². The highest BCUT2D eigenvalue weighted by Gasteiger charge is 2.19. The largest absolute Gasteiger partial charge is 0.389 e. The molecule has 0 aliphatic carbocycles. The number of aliphatic hydroxyl groups excluding tert-OH is 2. The van der Waals surface area contributed by atoms with Gasteiger partial charge in [0, 0.05) is 17.1 Å². The highest BCUT2D eigenvalue weighted by Crippen LogP contribution is 2.21. The predicted octanol–water partition coefficient (Wildman–Crippen LogP) is 1.32. The van der Waals surface area contributed by atoms with Gasteiger partial charge in [0.2, 0.25) is 5.95 Å². The molecule has 3 nitrogen and oxygen atoms in total. The highest BCUT2D eigenvalue weighted by atomic mass is 79.9. The zero-order valence-electron chi connectivity index (χ0n) is 7.61. The van der Waals surface area contributed by atoms with Crippen LogP contribution in [-0.2, 0) is 0 Å². The fourth-order valence-electron chi connectivity index (χ4n) is 1.13. The van der Waals surface area contributed by atoms with E-state index in [-0.39, 0.29) is 5.33 Å². The van der Waals surface area contributed by atoms with Crippen LogP contribution in [0.4, 0.5) is 4.39 Å². The Hall–Kier alpha value is -0.520. The molecule has 1 rings (SSSR count). The molecular formula is C9H11BrFNO2. The maximum Gasteiger partial charge on any atom is 0.213 e. The number of aromatic nitrogens is 1. The van der Waals surface area contributed by atoms with E-state index < -0.39 is 18.2 Å². The Morgan fingerprint density at radius 3 is 2.71 bits per heavy atom.